The highest BCUT2D eigenvalue weighted by atomic mass is 32.2. The second-order valence-electron chi connectivity index (χ2n) is 9.25. The molecule has 0 fully saturated rings. The Hall–Kier alpha value is -1.19. The molecule has 0 rings (SSSR count). The SMILES string of the molecule is CCCCCCCCCCCOC(=O)CC(C(=O)OCCCCCCCCCCC)S(=O)(=O)O.N. The van der Waals surface area contributed by atoms with E-state index in [0.717, 1.165) is 38.5 Å². The average molecular weight is 524 g/mol. The molecule has 0 amide bonds. The van der Waals surface area contributed by atoms with Crippen molar-refractivity contribution >= 4 is 22.1 Å². The summed E-state index contributed by atoms with van der Waals surface area (Å²) in [4.78, 5) is 24.1. The lowest BCUT2D eigenvalue weighted by Gasteiger charge is -2.13. The Kier molecular flexibility index (Phi) is 25.2. The quantitative estimate of drug-likeness (QED) is 0.0786. The van der Waals surface area contributed by atoms with Gasteiger partial charge in [-0.3, -0.25) is 14.1 Å². The Labute approximate surface area is 214 Å². The van der Waals surface area contributed by atoms with Gasteiger partial charge in [0.25, 0.3) is 10.1 Å². The van der Waals surface area contributed by atoms with Crippen molar-refractivity contribution in [3.05, 3.63) is 0 Å². The van der Waals surface area contributed by atoms with Crippen molar-refractivity contribution < 1.29 is 32.0 Å². The number of hydrogen-bond acceptors (Lipinski definition) is 7. The summed E-state index contributed by atoms with van der Waals surface area (Å²) in [5, 5.41) is -1.93. The highest BCUT2D eigenvalue weighted by molar-refractivity contribution is 7.87. The number of unbranched alkanes of at least 4 members (excludes halogenated alkanes) is 16. The van der Waals surface area contributed by atoms with Gasteiger partial charge in [0.2, 0.25) is 0 Å². The monoisotopic (exact) mass is 523 g/mol. The molecule has 0 bridgehead atoms. The van der Waals surface area contributed by atoms with Gasteiger partial charge < -0.3 is 15.6 Å². The third kappa shape index (κ3) is 23.0. The van der Waals surface area contributed by atoms with Crippen molar-refractivity contribution in [2.75, 3.05) is 13.2 Å². The predicted molar refractivity (Wildman–Crippen MR) is 141 cm³/mol. The fraction of sp³-hybridized carbons (Fsp3) is 0.923. The number of ether oxygens (including phenoxy) is 2. The first kappa shape index (κ1) is 36.0. The van der Waals surface area contributed by atoms with E-state index in [1.165, 1.54) is 64.2 Å². The first-order valence-electron chi connectivity index (χ1n) is 13.6. The molecule has 0 aliphatic rings. The zero-order valence-electron chi connectivity index (χ0n) is 22.4. The van der Waals surface area contributed by atoms with E-state index in [9.17, 15) is 22.6 Å². The van der Waals surface area contributed by atoms with Crippen molar-refractivity contribution in [2.45, 2.75) is 141 Å². The summed E-state index contributed by atoms with van der Waals surface area (Å²) in [6, 6.07) is 0. The van der Waals surface area contributed by atoms with Crippen LogP contribution in [0, 0.1) is 0 Å². The zero-order valence-corrected chi connectivity index (χ0v) is 23.3. The van der Waals surface area contributed by atoms with Crippen LogP contribution in [0.3, 0.4) is 0 Å². The van der Waals surface area contributed by atoms with Gasteiger partial charge in [-0.05, 0) is 12.8 Å². The van der Waals surface area contributed by atoms with Gasteiger partial charge in [0, 0.05) is 0 Å². The van der Waals surface area contributed by atoms with Gasteiger partial charge in [0.1, 0.15) is 0 Å². The summed E-state index contributed by atoms with van der Waals surface area (Å²) >= 11 is 0. The Bertz CT molecular complexity index is 611. The van der Waals surface area contributed by atoms with Gasteiger partial charge in [-0.1, -0.05) is 117 Å². The number of carbonyl (C=O) groups is 2. The standard InChI is InChI=1S/C26H50O7S.H3N/c1-3-5-7-9-11-13-15-17-19-21-32-25(27)23-24(34(29,30)31)26(28)33-22-20-18-16-14-12-10-8-6-4-2;/h24H,3-23H2,1-2H3,(H,29,30,31);1H3. The van der Waals surface area contributed by atoms with Crippen LogP contribution in [-0.4, -0.2) is 43.4 Å². The summed E-state index contributed by atoms with van der Waals surface area (Å²) in [7, 11) is -4.75. The van der Waals surface area contributed by atoms with Crippen molar-refractivity contribution in [3.8, 4) is 0 Å². The third-order valence-corrected chi connectivity index (χ3v) is 7.06. The van der Waals surface area contributed by atoms with E-state index in [1.807, 2.05) is 0 Å². The smallest absolute Gasteiger partial charge is 0.327 e. The summed E-state index contributed by atoms with van der Waals surface area (Å²) in [5.74, 6) is -1.91. The maximum Gasteiger partial charge on any atom is 0.327 e. The second kappa shape index (κ2) is 24.5. The highest BCUT2D eigenvalue weighted by Gasteiger charge is 2.35. The van der Waals surface area contributed by atoms with Crippen molar-refractivity contribution in [1.29, 1.82) is 0 Å². The fourth-order valence-electron chi connectivity index (χ4n) is 3.80. The lowest BCUT2D eigenvalue weighted by Crippen LogP contribution is -2.34. The van der Waals surface area contributed by atoms with Crippen LogP contribution < -0.4 is 6.15 Å². The molecule has 0 aromatic heterocycles. The minimum atomic E-state index is -4.75. The molecular formula is C26H53NO7S. The Morgan fingerprint density at radius 2 is 0.971 bits per heavy atom. The highest BCUT2D eigenvalue weighted by Crippen LogP contribution is 2.13. The molecule has 0 saturated carbocycles. The van der Waals surface area contributed by atoms with Crippen LogP contribution in [0.4, 0.5) is 0 Å². The van der Waals surface area contributed by atoms with Gasteiger partial charge >= 0.3 is 11.9 Å². The summed E-state index contributed by atoms with van der Waals surface area (Å²) in [6.07, 6.45) is 19.3. The minimum Gasteiger partial charge on any atom is -0.466 e. The predicted octanol–water partition coefficient (Wildman–Crippen LogP) is 6.94. The van der Waals surface area contributed by atoms with E-state index in [-0.39, 0.29) is 19.4 Å². The van der Waals surface area contributed by atoms with Gasteiger partial charge in [0.15, 0.2) is 5.25 Å². The Morgan fingerprint density at radius 3 is 1.34 bits per heavy atom. The second-order valence-corrected chi connectivity index (χ2v) is 10.9. The first-order valence-corrected chi connectivity index (χ1v) is 15.1. The molecule has 0 saturated heterocycles. The molecule has 0 spiro atoms. The molecule has 0 aliphatic carbocycles. The van der Waals surface area contributed by atoms with E-state index in [0.29, 0.717) is 12.8 Å². The van der Waals surface area contributed by atoms with E-state index in [2.05, 4.69) is 13.8 Å². The molecule has 0 heterocycles. The van der Waals surface area contributed by atoms with Crippen molar-refractivity contribution in [2.24, 2.45) is 0 Å². The van der Waals surface area contributed by atoms with Crippen molar-refractivity contribution in [3.63, 3.8) is 0 Å². The molecule has 1 atom stereocenters. The summed E-state index contributed by atoms with van der Waals surface area (Å²) < 4.78 is 42.6. The Balaban J connectivity index is 0. The summed E-state index contributed by atoms with van der Waals surface area (Å²) in [6.45, 7) is 4.64. The molecule has 4 N–H and O–H groups in total. The fourth-order valence-corrected chi connectivity index (χ4v) is 4.46. The van der Waals surface area contributed by atoms with Crippen LogP contribution in [-0.2, 0) is 29.2 Å². The number of hydrogen-bond donors (Lipinski definition) is 2. The van der Waals surface area contributed by atoms with Crippen LogP contribution in [0.1, 0.15) is 136 Å². The van der Waals surface area contributed by atoms with E-state index >= 15 is 0 Å². The number of carbonyl (C=O) groups excluding carboxylic acids is 2. The van der Waals surface area contributed by atoms with Crippen molar-refractivity contribution in [1.82, 2.24) is 6.15 Å². The van der Waals surface area contributed by atoms with E-state index < -0.39 is 33.7 Å². The molecule has 9 heteroatoms. The lowest BCUT2D eigenvalue weighted by molar-refractivity contribution is -0.150. The molecule has 0 radical (unpaired) electrons. The Morgan fingerprint density at radius 1 is 0.629 bits per heavy atom. The minimum absolute atomic E-state index is 0. The molecule has 0 aromatic carbocycles. The van der Waals surface area contributed by atoms with Crippen LogP contribution in [0.15, 0.2) is 0 Å². The van der Waals surface area contributed by atoms with Crippen LogP contribution >= 0.6 is 0 Å². The average Bonchev–Trinajstić information content (AvgIpc) is 2.79. The van der Waals surface area contributed by atoms with Gasteiger partial charge in [-0.15, -0.1) is 0 Å². The molecule has 8 nitrogen and oxygen atoms in total. The van der Waals surface area contributed by atoms with Crippen LogP contribution in [0.5, 0.6) is 0 Å². The van der Waals surface area contributed by atoms with Gasteiger partial charge in [-0.25, -0.2) is 0 Å². The molecular weight excluding hydrogens is 470 g/mol. The molecule has 0 aliphatic heterocycles. The molecule has 210 valence electrons. The van der Waals surface area contributed by atoms with E-state index in [1.54, 1.807) is 0 Å². The largest absolute Gasteiger partial charge is 0.466 e. The molecule has 0 aromatic rings. The molecule has 1 unspecified atom stereocenters. The lowest BCUT2D eigenvalue weighted by atomic mass is 10.1. The number of rotatable bonds is 24. The van der Waals surface area contributed by atoms with E-state index in [4.69, 9.17) is 9.47 Å². The first-order chi connectivity index (χ1) is 16.3. The third-order valence-electron chi connectivity index (χ3n) is 5.98. The van der Waals surface area contributed by atoms with Gasteiger partial charge in [0.05, 0.1) is 19.6 Å². The number of esters is 2. The van der Waals surface area contributed by atoms with Crippen LogP contribution in [0.25, 0.3) is 0 Å². The normalized spacial score (nSPS) is 12.1. The zero-order chi connectivity index (χ0) is 25.5. The summed E-state index contributed by atoms with van der Waals surface area (Å²) in [5.41, 5.74) is 0. The maximum absolute atomic E-state index is 12.1. The van der Waals surface area contributed by atoms with Crippen LogP contribution in [0.2, 0.25) is 0 Å². The maximum atomic E-state index is 12.1. The molecule has 35 heavy (non-hydrogen) atoms. The van der Waals surface area contributed by atoms with Gasteiger partial charge in [-0.2, -0.15) is 8.42 Å². The topological polar surface area (TPSA) is 142 Å².